The zero-order valence-electron chi connectivity index (χ0n) is 10.9. The Morgan fingerprint density at radius 3 is 2.53 bits per heavy atom. The number of hydrogen-bond donors (Lipinski definition) is 0. The average Bonchev–Trinajstić information content (AvgIpc) is 2.72. The van der Waals surface area contributed by atoms with Crippen LogP contribution in [0.25, 0.3) is 0 Å². The molecule has 0 amide bonds. The minimum absolute atomic E-state index is 0.938. The Kier molecular flexibility index (Phi) is 3.62. The quantitative estimate of drug-likeness (QED) is 0.783. The molecule has 1 aromatic heterocycles. The van der Waals surface area contributed by atoms with Crippen LogP contribution in [0, 0.1) is 13.8 Å². The number of benzene rings is 1. The first kappa shape index (κ1) is 11.9. The second-order valence-corrected chi connectivity index (χ2v) is 4.59. The molecule has 0 unspecified atom stereocenters. The van der Waals surface area contributed by atoms with Crippen molar-refractivity contribution in [3.8, 4) is 0 Å². The zero-order chi connectivity index (χ0) is 12.3. The summed E-state index contributed by atoms with van der Waals surface area (Å²) in [6, 6.07) is 6.48. The SMILES string of the molecule is CCCc1nccn1Cc1c(C)cccc1C. The summed E-state index contributed by atoms with van der Waals surface area (Å²) in [6.07, 6.45) is 6.18. The van der Waals surface area contributed by atoms with Crippen molar-refractivity contribution in [2.75, 3.05) is 0 Å². The van der Waals surface area contributed by atoms with Crippen molar-refractivity contribution in [2.24, 2.45) is 0 Å². The Hall–Kier alpha value is -1.57. The van der Waals surface area contributed by atoms with Gasteiger partial charge in [-0.1, -0.05) is 25.1 Å². The molecule has 0 N–H and O–H groups in total. The lowest BCUT2D eigenvalue weighted by Gasteiger charge is -2.12. The van der Waals surface area contributed by atoms with Crippen LogP contribution < -0.4 is 0 Å². The van der Waals surface area contributed by atoms with Crippen LogP contribution in [0.15, 0.2) is 30.6 Å². The van der Waals surface area contributed by atoms with E-state index in [1.54, 1.807) is 0 Å². The molecule has 1 heterocycles. The van der Waals surface area contributed by atoms with Gasteiger partial charge in [-0.25, -0.2) is 4.98 Å². The van der Waals surface area contributed by atoms with E-state index < -0.39 is 0 Å². The van der Waals surface area contributed by atoms with E-state index in [0.717, 1.165) is 19.4 Å². The average molecular weight is 228 g/mol. The Labute approximate surface area is 103 Å². The maximum Gasteiger partial charge on any atom is 0.108 e. The summed E-state index contributed by atoms with van der Waals surface area (Å²) >= 11 is 0. The third-order valence-electron chi connectivity index (χ3n) is 3.25. The van der Waals surface area contributed by atoms with E-state index >= 15 is 0 Å². The molecule has 0 spiro atoms. The zero-order valence-corrected chi connectivity index (χ0v) is 10.9. The number of nitrogens with zero attached hydrogens (tertiary/aromatic N) is 2. The van der Waals surface area contributed by atoms with Gasteiger partial charge in [0.25, 0.3) is 0 Å². The normalized spacial score (nSPS) is 10.8. The molecule has 2 aromatic rings. The van der Waals surface area contributed by atoms with Crippen LogP contribution in [0.4, 0.5) is 0 Å². The van der Waals surface area contributed by atoms with Crippen molar-refractivity contribution in [2.45, 2.75) is 40.2 Å². The molecular formula is C15H20N2. The molecule has 0 aliphatic rings. The van der Waals surface area contributed by atoms with Gasteiger partial charge in [0.05, 0.1) is 0 Å². The maximum absolute atomic E-state index is 4.42. The van der Waals surface area contributed by atoms with Gasteiger partial charge >= 0.3 is 0 Å². The third-order valence-corrected chi connectivity index (χ3v) is 3.25. The van der Waals surface area contributed by atoms with Crippen LogP contribution in [0.1, 0.15) is 35.9 Å². The molecular weight excluding hydrogens is 208 g/mol. The molecule has 0 fully saturated rings. The molecule has 2 heteroatoms. The molecule has 2 nitrogen and oxygen atoms in total. The molecule has 90 valence electrons. The topological polar surface area (TPSA) is 17.8 Å². The lowest BCUT2D eigenvalue weighted by atomic mass is 10.0. The van der Waals surface area contributed by atoms with Gasteiger partial charge in [0.1, 0.15) is 5.82 Å². The predicted molar refractivity (Wildman–Crippen MR) is 71.2 cm³/mol. The summed E-state index contributed by atoms with van der Waals surface area (Å²) in [5, 5.41) is 0. The first-order valence-electron chi connectivity index (χ1n) is 6.27. The van der Waals surface area contributed by atoms with Crippen LogP contribution in [0.5, 0.6) is 0 Å². The van der Waals surface area contributed by atoms with E-state index in [0.29, 0.717) is 0 Å². The number of aromatic nitrogens is 2. The monoisotopic (exact) mass is 228 g/mol. The smallest absolute Gasteiger partial charge is 0.108 e. The predicted octanol–water partition coefficient (Wildman–Crippen LogP) is 3.50. The second-order valence-electron chi connectivity index (χ2n) is 4.59. The number of aryl methyl sites for hydroxylation is 3. The molecule has 0 aliphatic heterocycles. The van der Waals surface area contributed by atoms with E-state index in [1.807, 2.05) is 6.20 Å². The summed E-state index contributed by atoms with van der Waals surface area (Å²) < 4.78 is 2.26. The van der Waals surface area contributed by atoms with Gasteiger partial charge in [0.15, 0.2) is 0 Å². The van der Waals surface area contributed by atoms with Gasteiger partial charge in [0, 0.05) is 25.4 Å². The van der Waals surface area contributed by atoms with Gasteiger partial charge in [-0.05, 0) is 37.0 Å². The van der Waals surface area contributed by atoms with Crippen LogP contribution in [0.3, 0.4) is 0 Å². The highest BCUT2D eigenvalue weighted by Crippen LogP contribution is 2.16. The highest BCUT2D eigenvalue weighted by molar-refractivity contribution is 5.33. The Balaban J connectivity index is 2.28. The summed E-state index contributed by atoms with van der Waals surface area (Å²) in [5.41, 5.74) is 4.14. The lowest BCUT2D eigenvalue weighted by Crippen LogP contribution is -2.06. The molecule has 17 heavy (non-hydrogen) atoms. The summed E-state index contributed by atoms with van der Waals surface area (Å²) in [7, 11) is 0. The summed E-state index contributed by atoms with van der Waals surface area (Å²) in [6.45, 7) is 7.49. The number of imidazole rings is 1. The van der Waals surface area contributed by atoms with E-state index in [2.05, 4.69) is 54.7 Å². The molecule has 0 atom stereocenters. The largest absolute Gasteiger partial charge is 0.330 e. The Morgan fingerprint density at radius 2 is 1.88 bits per heavy atom. The molecule has 2 rings (SSSR count). The number of hydrogen-bond acceptors (Lipinski definition) is 1. The summed E-state index contributed by atoms with van der Waals surface area (Å²) in [5.74, 6) is 1.19. The van der Waals surface area contributed by atoms with E-state index in [9.17, 15) is 0 Å². The first-order valence-corrected chi connectivity index (χ1v) is 6.27. The number of rotatable bonds is 4. The Morgan fingerprint density at radius 1 is 1.18 bits per heavy atom. The van der Waals surface area contributed by atoms with Crippen molar-refractivity contribution in [3.63, 3.8) is 0 Å². The highest BCUT2D eigenvalue weighted by atomic mass is 15.1. The minimum atomic E-state index is 0.938. The standard InChI is InChI=1S/C15H20N2/c1-4-6-15-16-9-10-17(15)11-14-12(2)7-5-8-13(14)3/h5,7-10H,4,6,11H2,1-3H3. The molecule has 0 radical (unpaired) electrons. The van der Waals surface area contributed by atoms with Gasteiger partial charge in [-0.3, -0.25) is 0 Å². The second kappa shape index (κ2) is 5.17. The molecule has 0 saturated heterocycles. The van der Waals surface area contributed by atoms with Crippen molar-refractivity contribution < 1.29 is 0 Å². The minimum Gasteiger partial charge on any atom is -0.330 e. The van der Waals surface area contributed by atoms with Gasteiger partial charge in [0.2, 0.25) is 0 Å². The van der Waals surface area contributed by atoms with Crippen molar-refractivity contribution in [1.82, 2.24) is 9.55 Å². The van der Waals surface area contributed by atoms with Gasteiger partial charge in [-0.2, -0.15) is 0 Å². The van der Waals surface area contributed by atoms with Crippen LogP contribution in [-0.4, -0.2) is 9.55 Å². The molecule has 0 aliphatic carbocycles. The molecule has 1 aromatic carbocycles. The van der Waals surface area contributed by atoms with Crippen LogP contribution >= 0.6 is 0 Å². The van der Waals surface area contributed by atoms with E-state index in [1.165, 1.54) is 22.5 Å². The molecule has 0 bridgehead atoms. The highest BCUT2D eigenvalue weighted by Gasteiger charge is 2.06. The summed E-state index contributed by atoms with van der Waals surface area (Å²) in [4.78, 5) is 4.42. The Bertz CT molecular complexity index is 477. The van der Waals surface area contributed by atoms with Gasteiger partial charge < -0.3 is 4.57 Å². The van der Waals surface area contributed by atoms with Crippen LogP contribution in [-0.2, 0) is 13.0 Å². The van der Waals surface area contributed by atoms with Crippen molar-refractivity contribution >= 4 is 0 Å². The fourth-order valence-electron chi connectivity index (χ4n) is 2.20. The fourth-order valence-corrected chi connectivity index (χ4v) is 2.20. The lowest BCUT2D eigenvalue weighted by molar-refractivity contribution is 0.700. The maximum atomic E-state index is 4.42. The first-order chi connectivity index (χ1) is 8.22. The van der Waals surface area contributed by atoms with Gasteiger partial charge in [-0.15, -0.1) is 0 Å². The van der Waals surface area contributed by atoms with Crippen molar-refractivity contribution in [1.29, 1.82) is 0 Å². The molecule has 0 saturated carbocycles. The van der Waals surface area contributed by atoms with E-state index in [4.69, 9.17) is 0 Å². The van der Waals surface area contributed by atoms with Crippen LogP contribution in [0.2, 0.25) is 0 Å². The van der Waals surface area contributed by atoms with Crippen molar-refractivity contribution in [3.05, 3.63) is 53.1 Å². The fraction of sp³-hybridized carbons (Fsp3) is 0.400. The third kappa shape index (κ3) is 2.57. The van der Waals surface area contributed by atoms with E-state index in [-0.39, 0.29) is 0 Å².